The second kappa shape index (κ2) is 11.5. The van der Waals surface area contributed by atoms with Crippen LogP contribution in [0.4, 0.5) is 0 Å². The van der Waals surface area contributed by atoms with E-state index in [9.17, 15) is 9.59 Å². The van der Waals surface area contributed by atoms with E-state index in [0.717, 1.165) is 12.0 Å². The van der Waals surface area contributed by atoms with E-state index in [-0.39, 0.29) is 31.0 Å². The van der Waals surface area contributed by atoms with Crippen molar-refractivity contribution in [1.29, 1.82) is 0 Å². The Balaban J connectivity index is 2.18. The molecule has 0 bridgehead atoms. The van der Waals surface area contributed by atoms with Gasteiger partial charge in [-0.05, 0) is 50.1 Å². The third-order valence-corrected chi connectivity index (χ3v) is 5.07. The molecule has 0 aliphatic carbocycles. The van der Waals surface area contributed by atoms with Gasteiger partial charge in [0.15, 0.2) is 18.1 Å². The zero-order valence-electron chi connectivity index (χ0n) is 17.9. The largest absolute Gasteiger partial charge is 0.493 e. The Morgan fingerprint density at radius 3 is 2.43 bits per heavy atom. The summed E-state index contributed by atoms with van der Waals surface area (Å²) in [5, 5.41) is 3.51. The fourth-order valence-corrected chi connectivity index (χ4v) is 3.05. The maximum absolute atomic E-state index is 13.1. The Morgan fingerprint density at radius 2 is 1.80 bits per heavy atom. The van der Waals surface area contributed by atoms with Crippen LogP contribution in [0.15, 0.2) is 48.5 Å². The molecule has 7 heteroatoms. The van der Waals surface area contributed by atoms with Gasteiger partial charge in [0.1, 0.15) is 6.04 Å². The summed E-state index contributed by atoms with van der Waals surface area (Å²) in [6.45, 7) is 5.65. The van der Waals surface area contributed by atoms with E-state index in [1.807, 2.05) is 32.0 Å². The molecule has 0 aliphatic heterocycles. The first-order chi connectivity index (χ1) is 14.3. The fraction of sp³-hybridized carbons (Fsp3) is 0.391. The molecule has 0 heterocycles. The highest BCUT2D eigenvalue weighted by molar-refractivity contribution is 6.30. The van der Waals surface area contributed by atoms with Crippen molar-refractivity contribution in [3.8, 4) is 11.5 Å². The SMILES string of the molecule is CC[C@@H](C)NC(=O)[C@H](C)N(Cc1cccc(Cl)c1)C(=O)COc1ccccc1OC. The molecule has 2 aromatic carbocycles. The number of halogens is 1. The highest BCUT2D eigenvalue weighted by Gasteiger charge is 2.27. The summed E-state index contributed by atoms with van der Waals surface area (Å²) < 4.78 is 11.0. The maximum Gasteiger partial charge on any atom is 0.261 e. The van der Waals surface area contributed by atoms with Crippen molar-refractivity contribution in [1.82, 2.24) is 10.2 Å². The molecular formula is C23H29ClN2O4. The predicted molar refractivity (Wildman–Crippen MR) is 118 cm³/mol. The normalized spacial score (nSPS) is 12.6. The summed E-state index contributed by atoms with van der Waals surface area (Å²) >= 11 is 6.09. The van der Waals surface area contributed by atoms with Gasteiger partial charge in [0, 0.05) is 17.6 Å². The Bertz CT molecular complexity index is 859. The van der Waals surface area contributed by atoms with Crippen molar-refractivity contribution in [3.63, 3.8) is 0 Å². The number of carbonyl (C=O) groups is 2. The number of rotatable bonds is 10. The van der Waals surface area contributed by atoms with Crippen molar-refractivity contribution >= 4 is 23.4 Å². The summed E-state index contributed by atoms with van der Waals surface area (Å²) in [7, 11) is 1.54. The van der Waals surface area contributed by atoms with Gasteiger partial charge in [0.25, 0.3) is 5.91 Å². The minimum atomic E-state index is -0.674. The molecule has 2 amide bonds. The van der Waals surface area contributed by atoms with Crippen LogP contribution in [0.2, 0.25) is 5.02 Å². The number of carbonyl (C=O) groups excluding carboxylic acids is 2. The Morgan fingerprint density at radius 1 is 1.10 bits per heavy atom. The molecule has 30 heavy (non-hydrogen) atoms. The first-order valence-electron chi connectivity index (χ1n) is 9.95. The number of nitrogens with zero attached hydrogens (tertiary/aromatic N) is 1. The Labute approximate surface area is 183 Å². The van der Waals surface area contributed by atoms with Crippen molar-refractivity contribution in [2.75, 3.05) is 13.7 Å². The number of amides is 2. The zero-order valence-corrected chi connectivity index (χ0v) is 18.6. The van der Waals surface area contributed by atoms with Crippen LogP contribution in [0, 0.1) is 0 Å². The molecule has 1 N–H and O–H groups in total. The van der Waals surface area contributed by atoms with Crippen molar-refractivity contribution in [2.45, 2.75) is 45.8 Å². The monoisotopic (exact) mass is 432 g/mol. The lowest BCUT2D eigenvalue weighted by Crippen LogP contribution is -2.50. The number of benzene rings is 2. The second-order valence-corrected chi connectivity index (χ2v) is 7.52. The summed E-state index contributed by atoms with van der Waals surface area (Å²) in [6, 6.07) is 13.7. The van der Waals surface area contributed by atoms with E-state index in [4.69, 9.17) is 21.1 Å². The highest BCUT2D eigenvalue weighted by Crippen LogP contribution is 2.26. The average molecular weight is 433 g/mol. The smallest absolute Gasteiger partial charge is 0.261 e. The first-order valence-corrected chi connectivity index (χ1v) is 10.3. The number of para-hydroxylation sites is 2. The van der Waals surface area contributed by atoms with Gasteiger partial charge in [-0.2, -0.15) is 0 Å². The summed E-state index contributed by atoms with van der Waals surface area (Å²) in [5.74, 6) is 0.478. The number of hydrogen-bond acceptors (Lipinski definition) is 4. The zero-order chi connectivity index (χ0) is 22.1. The maximum atomic E-state index is 13.1. The molecule has 0 spiro atoms. The molecule has 0 radical (unpaired) electrons. The van der Waals surface area contributed by atoms with Crippen molar-refractivity contribution < 1.29 is 19.1 Å². The molecule has 2 aromatic rings. The third-order valence-electron chi connectivity index (χ3n) is 4.83. The molecule has 6 nitrogen and oxygen atoms in total. The number of methoxy groups -OCH3 is 1. The van der Waals surface area contributed by atoms with Gasteiger partial charge in [0.05, 0.1) is 7.11 Å². The Kier molecular flexibility index (Phi) is 8.99. The van der Waals surface area contributed by atoms with Gasteiger partial charge in [0.2, 0.25) is 5.91 Å². The van der Waals surface area contributed by atoms with E-state index in [1.54, 1.807) is 37.3 Å². The van der Waals surface area contributed by atoms with Crippen LogP contribution in [0.25, 0.3) is 0 Å². The van der Waals surface area contributed by atoms with Gasteiger partial charge in [-0.15, -0.1) is 0 Å². The van der Waals surface area contributed by atoms with E-state index in [0.29, 0.717) is 16.5 Å². The van der Waals surface area contributed by atoms with Crippen molar-refractivity contribution in [2.24, 2.45) is 0 Å². The molecule has 0 fully saturated rings. The highest BCUT2D eigenvalue weighted by atomic mass is 35.5. The fourth-order valence-electron chi connectivity index (χ4n) is 2.84. The molecule has 0 unspecified atom stereocenters. The average Bonchev–Trinajstić information content (AvgIpc) is 2.75. The Hall–Kier alpha value is -2.73. The van der Waals surface area contributed by atoms with E-state index < -0.39 is 6.04 Å². The predicted octanol–water partition coefficient (Wildman–Crippen LogP) is 4.06. The van der Waals surface area contributed by atoms with E-state index in [1.165, 1.54) is 12.0 Å². The van der Waals surface area contributed by atoms with Crippen LogP contribution in [-0.2, 0) is 16.1 Å². The summed E-state index contributed by atoms with van der Waals surface area (Å²) in [6.07, 6.45) is 0.803. The van der Waals surface area contributed by atoms with Crippen LogP contribution in [0.3, 0.4) is 0 Å². The molecule has 2 rings (SSSR count). The summed E-state index contributed by atoms with van der Waals surface area (Å²) in [5.41, 5.74) is 0.830. The van der Waals surface area contributed by atoms with Crippen molar-refractivity contribution in [3.05, 3.63) is 59.1 Å². The number of nitrogens with one attached hydrogen (secondary N) is 1. The van der Waals surface area contributed by atoms with E-state index in [2.05, 4.69) is 5.32 Å². The lowest BCUT2D eigenvalue weighted by atomic mass is 10.1. The molecule has 0 saturated carbocycles. The number of hydrogen-bond donors (Lipinski definition) is 1. The van der Waals surface area contributed by atoms with Gasteiger partial charge in [-0.1, -0.05) is 42.8 Å². The molecule has 0 aromatic heterocycles. The van der Waals surface area contributed by atoms with Crippen LogP contribution >= 0.6 is 11.6 Å². The van der Waals surface area contributed by atoms with Gasteiger partial charge in [-0.3, -0.25) is 9.59 Å². The van der Waals surface area contributed by atoms with Gasteiger partial charge >= 0.3 is 0 Å². The van der Waals surface area contributed by atoms with Gasteiger partial charge in [-0.25, -0.2) is 0 Å². The molecule has 2 atom stereocenters. The van der Waals surface area contributed by atoms with Crippen LogP contribution < -0.4 is 14.8 Å². The molecule has 162 valence electrons. The van der Waals surface area contributed by atoms with Crippen LogP contribution in [0.5, 0.6) is 11.5 Å². The third kappa shape index (κ3) is 6.66. The molecule has 0 saturated heterocycles. The molecule has 0 aliphatic rings. The minimum Gasteiger partial charge on any atom is -0.493 e. The standard InChI is InChI=1S/C23H29ClN2O4/c1-5-16(2)25-23(28)17(3)26(14-18-9-8-10-19(24)13-18)22(27)15-30-21-12-7-6-11-20(21)29-4/h6-13,16-17H,5,14-15H2,1-4H3,(H,25,28)/t16-,17+/m1/s1. The second-order valence-electron chi connectivity index (χ2n) is 7.08. The lowest BCUT2D eigenvalue weighted by Gasteiger charge is -2.29. The number of ether oxygens (including phenoxy) is 2. The quantitative estimate of drug-likeness (QED) is 0.614. The minimum absolute atomic E-state index is 0.0212. The summed E-state index contributed by atoms with van der Waals surface area (Å²) in [4.78, 5) is 27.3. The van der Waals surface area contributed by atoms with Crippen LogP contribution in [0.1, 0.15) is 32.8 Å². The first kappa shape index (κ1) is 23.5. The topological polar surface area (TPSA) is 67.9 Å². The van der Waals surface area contributed by atoms with Gasteiger partial charge < -0.3 is 19.7 Å². The van der Waals surface area contributed by atoms with E-state index >= 15 is 0 Å². The molecular weight excluding hydrogens is 404 g/mol. The van der Waals surface area contributed by atoms with Crippen LogP contribution in [-0.4, -0.2) is 42.5 Å². The lowest BCUT2D eigenvalue weighted by molar-refractivity contribution is -0.142.